The second-order valence-corrected chi connectivity index (χ2v) is 5.92. The lowest BCUT2D eigenvalue weighted by atomic mass is 9.99. The molecular weight excluding hydrogens is 358 g/mol. The second kappa shape index (κ2) is 8.70. The molecule has 3 aromatic rings. The molecule has 0 aliphatic heterocycles. The van der Waals surface area contributed by atoms with Gasteiger partial charge in [0.25, 0.3) is 11.6 Å². The molecule has 0 spiro atoms. The number of hydrogen-bond acceptors (Lipinski definition) is 5. The summed E-state index contributed by atoms with van der Waals surface area (Å²) in [6.45, 7) is 0. The number of nitro groups is 1. The number of hydrogen-bond donors (Lipinski definition) is 2. The van der Waals surface area contributed by atoms with E-state index < -0.39 is 16.9 Å². The van der Waals surface area contributed by atoms with Gasteiger partial charge in [0.2, 0.25) is 0 Å². The third kappa shape index (κ3) is 4.46. The summed E-state index contributed by atoms with van der Waals surface area (Å²) in [4.78, 5) is 22.7. The van der Waals surface area contributed by atoms with Gasteiger partial charge in [0, 0.05) is 23.3 Å². The van der Waals surface area contributed by atoms with E-state index in [1.54, 1.807) is 48.5 Å². The molecule has 2 N–H and O–H groups in total. The minimum absolute atomic E-state index is 0.0968. The molecule has 1 unspecified atom stereocenters. The van der Waals surface area contributed by atoms with Crippen molar-refractivity contribution in [3.8, 4) is 0 Å². The van der Waals surface area contributed by atoms with Gasteiger partial charge >= 0.3 is 0 Å². The van der Waals surface area contributed by atoms with Gasteiger partial charge in [0.15, 0.2) is 0 Å². The average Bonchev–Trinajstić information content (AvgIpc) is 2.75. The number of nitrogens with one attached hydrogen (secondary N) is 1. The van der Waals surface area contributed by atoms with Crippen LogP contribution in [0.2, 0.25) is 0 Å². The van der Waals surface area contributed by atoms with Gasteiger partial charge in [-0.1, -0.05) is 66.7 Å². The van der Waals surface area contributed by atoms with Crippen LogP contribution < -0.4 is 5.43 Å². The third-order valence-electron chi connectivity index (χ3n) is 4.04. The minimum atomic E-state index is -1.06. The fraction of sp³-hybridized carbons (Fsp3) is 0.0476. The Labute approximate surface area is 161 Å². The number of non-ortho nitro benzene ring substituents is 1. The van der Waals surface area contributed by atoms with Gasteiger partial charge < -0.3 is 5.11 Å². The van der Waals surface area contributed by atoms with Crippen molar-refractivity contribution in [1.82, 2.24) is 5.43 Å². The normalized spacial score (nSPS) is 12.2. The van der Waals surface area contributed by atoms with Gasteiger partial charge in [-0.3, -0.25) is 14.9 Å². The molecule has 3 aromatic carbocycles. The Morgan fingerprint density at radius 1 is 0.929 bits per heavy atom. The monoisotopic (exact) mass is 375 g/mol. The Morgan fingerprint density at radius 2 is 1.54 bits per heavy atom. The number of benzene rings is 3. The Morgan fingerprint density at radius 3 is 2.18 bits per heavy atom. The molecular formula is C21H17N3O4. The van der Waals surface area contributed by atoms with Crippen molar-refractivity contribution in [2.75, 3.05) is 0 Å². The number of carbonyl (C=O) groups excluding carboxylic acids is 1. The first-order valence-corrected chi connectivity index (χ1v) is 8.47. The predicted molar refractivity (Wildman–Crippen MR) is 105 cm³/mol. The summed E-state index contributed by atoms with van der Waals surface area (Å²) in [6, 6.07) is 23.2. The number of carbonyl (C=O) groups is 1. The van der Waals surface area contributed by atoms with Gasteiger partial charge in [-0.2, -0.15) is 5.10 Å². The standard InChI is InChI=1S/C21H17N3O4/c25-20(16-10-5-2-6-11-16)19(15-8-3-1-4-9-15)22-23-21(26)17-12-7-13-18(14-17)24(27)28/h1-14,20,25H,(H,23,26)/b22-19+. The number of aliphatic hydroxyl groups is 1. The molecule has 1 atom stereocenters. The number of aliphatic hydroxyl groups excluding tert-OH is 1. The summed E-state index contributed by atoms with van der Waals surface area (Å²) in [5, 5.41) is 25.8. The summed E-state index contributed by atoms with van der Waals surface area (Å²) in [5.74, 6) is -0.614. The van der Waals surface area contributed by atoms with Crippen molar-refractivity contribution in [3.63, 3.8) is 0 Å². The third-order valence-corrected chi connectivity index (χ3v) is 4.04. The van der Waals surface area contributed by atoms with E-state index in [2.05, 4.69) is 10.5 Å². The quantitative estimate of drug-likeness (QED) is 0.391. The molecule has 140 valence electrons. The van der Waals surface area contributed by atoms with Gasteiger partial charge in [0.05, 0.1) is 4.92 Å². The highest BCUT2D eigenvalue weighted by molar-refractivity contribution is 6.05. The van der Waals surface area contributed by atoms with Crippen LogP contribution >= 0.6 is 0 Å². The molecule has 0 saturated carbocycles. The summed E-state index contributed by atoms with van der Waals surface area (Å²) in [6.07, 6.45) is -1.06. The molecule has 7 nitrogen and oxygen atoms in total. The lowest BCUT2D eigenvalue weighted by molar-refractivity contribution is -0.384. The van der Waals surface area contributed by atoms with E-state index in [0.29, 0.717) is 11.1 Å². The highest BCUT2D eigenvalue weighted by Crippen LogP contribution is 2.19. The van der Waals surface area contributed by atoms with Gasteiger partial charge in [0.1, 0.15) is 11.8 Å². The average molecular weight is 375 g/mol. The van der Waals surface area contributed by atoms with E-state index in [0.717, 1.165) is 0 Å². The first-order valence-electron chi connectivity index (χ1n) is 8.47. The number of nitro benzene ring substituents is 1. The van der Waals surface area contributed by atoms with Crippen LogP contribution in [0.5, 0.6) is 0 Å². The zero-order chi connectivity index (χ0) is 19.9. The molecule has 0 radical (unpaired) electrons. The topological polar surface area (TPSA) is 105 Å². The second-order valence-electron chi connectivity index (χ2n) is 5.92. The lowest BCUT2D eigenvalue weighted by Gasteiger charge is -2.15. The van der Waals surface area contributed by atoms with E-state index >= 15 is 0 Å². The highest BCUT2D eigenvalue weighted by atomic mass is 16.6. The molecule has 0 fully saturated rings. The maximum absolute atomic E-state index is 12.4. The van der Waals surface area contributed by atoms with Crippen LogP contribution in [0.15, 0.2) is 90.0 Å². The Kier molecular flexibility index (Phi) is 5.88. The van der Waals surface area contributed by atoms with E-state index in [-0.39, 0.29) is 17.0 Å². The van der Waals surface area contributed by atoms with Crippen LogP contribution in [0, 0.1) is 10.1 Å². The van der Waals surface area contributed by atoms with Crippen LogP contribution in [0.4, 0.5) is 5.69 Å². The molecule has 0 aromatic heterocycles. The Bertz CT molecular complexity index is 1000. The van der Waals surface area contributed by atoms with Gasteiger partial charge in [-0.25, -0.2) is 5.43 Å². The van der Waals surface area contributed by atoms with Crippen LogP contribution in [0.25, 0.3) is 0 Å². The molecule has 0 saturated heterocycles. The lowest BCUT2D eigenvalue weighted by Crippen LogP contribution is -2.23. The number of nitrogens with zero attached hydrogens (tertiary/aromatic N) is 2. The van der Waals surface area contributed by atoms with Crippen molar-refractivity contribution in [2.45, 2.75) is 6.10 Å². The first kappa shape index (κ1) is 18.9. The molecule has 0 heterocycles. The number of amides is 1. The predicted octanol–water partition coefficient (Wildman–Crippen LogP) is 3.46. The number of hydrazone groups is 1. The first-order chi connectivity index (χ1) is 13.6. The van der Waals surface area contributed by atoms with Crippen molar-refractivity contribution in [1.29, 1.82) is 0 Å². The molecule has 0 bridgehead atoms. The van der Waals surface area contributed by atoms with Gasteiger partial charge in [-0.15, -0.1) is 0 Å². The van der Waals surface area contributed by atoms with Crippen LogP contribution in [0.3, 0.4) is 0 Å². The van der Waals surface area contributed by atoms with E-state index in [9.17, 15) is 20.0 Å². The zero-order valence-corrected chi connectivity index (χ0v) is 14.7. The maximum atomic E-state index is 12.4. The maximum Gasteiger partial charge on any atom is 0.271 e. The summed E-state index contributed by atoms with van der Waals surface area (Å²) in [7, 11) is 0. The van der Waals surface area contributed by atoms with Gasteiger partial charge in [-0.05, 0) is 11.6 Å². The van der Waals surface area contributed by atoms with E-state index in [1.807, 2.05) is 12.1 Å². The molecule has 0 aliphatic rings. The molecule has 28 heavy (non-hydrogen) atoms. The molecule has 7 heteroatoms. The van der Waals surface area contributed by atoms with Crippen LogP contribution in [-0.4, -0.2) is 21.6 Å². The molecule has 0 aliphatic carbocycles. The number of rotatable bonds is 6. The smallest absolute Gasteiger partial charge is 0.271 e. The summed E-state index contributed by atoms with van der Waals surface area (Å²) >= 11 is 0. The largest absolute Gasteiger partial charge is 0.382 e. The molecule has 1 amide bonds. The molecule has 3 rings (SSSR count). The van der Waals surface area contributed by atoms with E-state index in [1.165, 1.54) is 24.3 Å². The fourth-order valence-electron chi connectivity index (χ4n) is 2.62. The van der Waals surface area contributed by atoms with E-state index in [4.69, 9.17) is 0 Å². The van der Waals surface area contributed by atoms with Crippen molar-refractivity contribution >= 4 is 17.3 Å². The van der Waals surface area contributed by atoms with Crippen LogP contribution in [0.1, 0.15) is 27.6 Å². The SMILES string of the molecule is O=C(N/N=C(\c1ccccc1)C(O)c1ccccc1)c1cccc([N+](=O)[O-])c1. The van der Waals surface area contributed by atoms with Crippen molar-refractivity contribution in [3.05, 3.63) is 112 Å². The Balaban J connectivity index is 1.90. The van der Waals surface area contributed by atoms with Crippen molar-refractivity contribution in [2.24, 2.45) is 5.10 Å². The summed E-state index contributed by atoms with van der Waals surface area (Å²) < 4.78 is 0. The fourth-order valence-corrected chi connectivity index (χ4v) is 2.62. The minimum Gasteiger partial charge on any atom is -0.382 e. The highest BCUT2D eigenvalue weighted by Gasteiger charge is 2.18. The van der Waals surface area contributed by atoms with Crippen molar-refractivity contribution < 1.29 is 14.8 Å². The zero-order valence-electron chi connectivity index (χ0n) is 14.7. The van der Waals surface area contributed by atoms with Crippen LogP contribution in [-0.2, 0) is 0 Å². The Hall–Kier alpha value is -3.84. The summed E-state index contributed by atoms with van der Waals surface area (Å²) in [5.41, 5.74) is 3.80.